The topological polar surface area (TPSA) is 48.1 Å². The summed E-state index contributed by atoms with van der Waals surface area (Å²) < 4.78 is 15.6. The normalized spacial score (nSPS) is 22.4. The number of ether oxygens (including phenoxy) is 3. The van der Waals surface area contributed by atoms with Crippen LogP contribution in [-0.2, 0) is 9.47 Å². The summed E-state index contributed by atoms with van der Waals surface area (Å²) in [5.74, 6) is 0.344. The van der Waals surface area contributed by atoms with Crippen LogP contribution in [0.1, 0.15) is 31.1 Å². The van der Waals surface area contributed by atoms with Gasteiger partial charge in [-0.25, -0.2) is 4.79 Å². The van der Waals surface area contributed by atoms with Crippen molar-refractivity contribution in [3.63, 3.8) is 0 Å². The van der Waals surface area contributed by atoms with E-state index >= 15 is 0 Å². The van der Waals surface area contributed by atoms with Crippen LogP contribution in [0.2, 0.25) is 0 Å². The number of benzene rings is 1. The molecule has 18 heavy (non-hydrogen) atoms. The predicted octanol–water partition coefficient (Wildman–Crippen LogP) is 2.62. The lowest BCUT2D eigenvalue weighted by Crippen LogP contribution is -2.19. The van der Waals surface area contributed by atoms with Gasteiger partial charge >= 0.3 is 5.97 Å². The molecule has 0 radical (unpaired) electrons. The van der Waals surface area contributed by atoms with E-state index in [0.29, 0.717) is 11.3 Å². The molecule has 1 aromatic carbocycles. The molecular weight excluding hydrogens is 232 g/mol. The van der Waals surface area contributed by atoms with Gasteiger partial charge in [-0.15, -0.1) is 0 Å². The highest BCUT2D eigenvalue weighted by Gasteiger charge is 2.50. The predicted molar refractivity (Wildman–Crippen MR) is 66.5 cm³/mol. The molecule has 0 N–H and O–H groups in total. The van der Waals surface area contributed by atoms with Crippen LogP contribution >= 0.6 is 0 Å². The van der Waals surface area contributed by atoms with Crippen molar-refractivity contribution in [3.8, 4) is 5.75 Å². The van der Waals surface area contributed by atoms with E-state index in [4.69, 9.17) is 14.2 Å². The van der Waals surface area contributed by atoms with Gasteiger partial charge in [0, 0.05) is 0 Å². The Morgan fingerprint density at radius 2 is 1.83 bits per heavy atom. The Labute approximate surface area is 107 Å². The van der Waals surface area contributed by atoms with E-state index in [0.717, 1.165) is 0 Å². The molecule has 1 aromatic rings. The molecule has 1 saturated heterocycles. The van der Waals surface area contributed by atoms with E-state index < -0.39 is 6.29 Å². The zero-order valence-corrected chi connectivity index (χ0v) is 11.1. The minimum absolute atomic E-state index is 0.00907. The van der Waals surface area contributed by atoms with Crippen molar-refractivity contribution in [1.82, 2.24) is 0 Å². The molecule has 1 aliphatic heterocycles. The van der Waals surface area contributed by atoms with Crippen molar-refractivity contribution in [2.24, 2.45) is 5.41 Å². The van der Waals surface area contributed by atoms with Crippen LogP contribution in [0.5, 0.6) is 5.75 Å². The fraction of sp³-hybridized carbons (Fsp3) is 0.500. The second-order valence-electron chi connectivity index (χ2n) is 5.42. The van der Waals surface area contributed by atoms with E-state index in [2.05, 4.69) is 20.8 Å². The number of rotatable bonds is 3. The number of hydrogen-bond acceptors (Lipinski definition) is 4. The van der Waals surface area contributed by atoms with E-state index in [1.807, 2.05) is 0 Å². The van der Waals surface area contributed by atoms with Crippen LogP contribution in [-0.4, -0.2) is 25.5 Å². The lowest BCUT2D eigenvalue weighted by atomic mass is 9.92. The molecule has 0 saturated carbocycles. The standard InChI is InChI=1S/C14H18O4/c1-14(2,3)11-13(17-11)18-12(15)9-5-7-10(16-4)8-6-9/h5-8,11,13H,1-4H3. The maximum absolute atomic E-state index is 11.8. The van der Waals surface area contributed by atoms with Gasteiger partial charge in [0.05, 0.1) is 12.7 Å². The fourth-order valence-electron chi connectivity index (χ4n) is 1.70. The largest absolute Gasteiger partial charge is 0.497 e. The van der Waals surface area contributed by atoms with Crippen LogP contribution in [0.4, 0.5) is 0 Å². The van der Waals surface area contributed by atoms with Gasteiger partial charge < -0.3 is 14.2 Å². The van der Waals surface area contributed by atoms with Gasteiger partial charge in [-0.05, 0) is 29.7 Å². The molecule has 0 amide bonds. The fourth-order valence-corrected chi connectivity index (χ4v) is 1.70. The zero-order chi connectivity index (χ0) is 13.3. The Morgan fingerprint density at radius 3 is 2.28 bits per heavy atom. The van der Waals surface area contributed by atoms with Crippen molar-refractivity contribution in [1.29, 1.82) is 0 Å². The molecule has 2 atom stereocenters. The molecule has 98 valence electrons. The maximum Gasteiger partial charge on any atom is 0.340 e. The minimum Gasteiger partial charge on any atom is -0.497 e. The number of hydrogen-bond donors (Lipinski definition) is 0. The molecule has 0 aliphatic carbocycles. The average Bonchev–Trinajstić information content (AvgIpc) is 3.08. The summed E-state index contributed by atoms with van der Waals surface area (Å²) in [4.78, 5) is 11.8. The number of carbonyl (C=O) groups is 1. The van der Waals surface area contributed by atoms with Crippen LogP contribution in [0, 0.1) is 5.41 Å². The molecule has 0 bridgehead atoms. The zero-order valence-electron chi connectivity index (χ0n) is 11.1. The first-order chi connectivity index (χ1) is 8.41. The van der Waals surface area contributed by atoms with Gasteiger partial charge in [-0.1, -0.05) is 20.8 Å². The van der Waals surface area contributed by atoms with Crippen molar-refractivity contribution in [2.75, 3.05) is 7.11 Å². The van der Waals surface area contributed by atoms with Crippen LogP contribution in [0.3, 0.4) is 0 Å². The third-order valence-electron chi connectivity index (χ3n) is 2.85. The second-order valence-corrected chi connectivity index (χ2v) is 5.42. The monoisotopic (exact) mass is 250 g/mol. The number of carbonyl (C=O) groups excluding carboxylic acids is 1. The average molecular weight is 250 g/mol. The maximum atomic E-state index is 11.8. The summed E-state index contributed by atoms with van der Waals surface area (Å²) in [5, 5.41) is 0. The Bertz CT molecular complexity index is 430. The molecule has 4 nitrogen and oxygen atoms in total. The molecule has 0 spiro atoms. The Morgan fingerprint density at radius 1 is 1.22 bits per heavy atom. The van der Waals surface area contributed by atoms with Crippen molar-refractivity contribution in [3.05, 3.63) is 29.8 Å². The van der Waals surface area contributed by atoms with Crippen LogP contribution < -0.4 is 4.74 Å². The summed E-state index contributed by atoms with van der Waals surface area (Å²) in [6.07, 6.45) is -0.431. The first-order valence-electron chi connectivity index (χ1n) is 5.92. The lowest BCUT2D eigenvalue weighted by molar-refractivity contribution is 0.0296. The highest BCUT2D eigenvalue weighted by Crippen LogP contribution is 2.38. The van der Waals surface area contributed by atoms with E-state index in [1.54, 1.807) is 31.4 Å². The first kappa shape index (κ1) is 12.9. The molecule has 0 aromatic heterocycles. The molecular formula is C14H18O4. The van der Waals surface area contributed by atoms with Crippen molar-refractivity contribution >= 4 is 5.97 Å². The lowest BCUT2D eigenvalue weighted by Gasteiger charge is -2.13. The van der Waals surface area contributed by atoms with Gasteiger partial charge in [0.15, 0.2) is 0 Å². The third-order valence-corrected chi connectivity index (χ3v) is 2.85. The Kier molecular flexibility index (Phi) is 3.30. The molecule has 2 unspecified atom stereocenters. The molecule has 1 fully saturated rings. The van der Waals surface area contributed by atoms with Crippen molar-refractivity contribution in [2.45, 2.75) is 33.2 Å². The smallest absolute Gasteiger partial charge is 0.340 e. The molecule has 1 aliphatic rings. The van der Waals surface area contributed by atoms with E-state index in [9.17, 15) is 4.79 Å². The molecule has 1 heterocycles. The third kappa shape index (κ3) is 2.82. The van der Waals surface area contributed by atoms with Gasteiger partial charge in [0.1, 0.15) is 11.9 Å². The van der Waals surface area contributed by atoms with E-state index in [1.165, 1.54) is 0 Å². The number of esters is 1. The number of epoxide rings is 1. The summed E-state index contributed by atoms with van der Waals surface area (Å²) in [6.45, 7) is 6.16. The van der Waals surface area contributed by atoms with Gasteiger partial charge in [0.25, 0.3) is 0 Å². The molecule has 2 rings (SSSR count). The van der Waals surface area contributed by atoms with Crippen LogP contribution in [0.25, 0.3) is 0 Å². The summed E-state index contributed by atoms with van der Waals surface area (Å²) >= 11 is 0. The first-order valence-corrected chi connectivity index (χ1v) is 5.92. The van der Waals surface area contributed by atoms with Crippen molar-refractivity contribution < 1.29 is 19.0 Å². The Balaban J connectivity index is 1.93. The summed E-state index contributed by atoms with van der Waals surface area (Å²) in [6, 6.07) is 6.81. The van der Waals surface area contributed by atoms with Gasteiger partial charge in [-0.2, -0.15) is 0 Å². The Hall–Kier alpha value is -1.55. The van der Waals surface area contributed by atoms with E-state index in [-0.39, 0.29) is 17.5 Å². The molecule has 4 heteroatoms. The highest BCUT2D eigenvalue weighted by atomic mass is 16.8. The van der Waals surface area contributed by atoms with Gasteiger partial charge in [-0.3, -0.25) is 0 Å². The highest BCUT2D eigenvalue weighted by molar-refractivity contribution is 5.89. The van der Waals surface area contributed by atoms with Crippen LogP contribution in [0.15, 0.2) is 24.3 Å². The van der Waals surface area contributed by atoms with Gasteiger partial charge in [0.2, 0.25) is 6.29 Å². The summed E-state index contributed by atoms with van der Waals surface area (Å²) in [7, 11) is 1.58. The minimum atomic E-state index is -0.417. The quantitative estimate of drug-likeness (QED) is 0.611. The second kappa shape index (κ2) is 4.61. The summed E-state index contributed by atoms with van der Waals surface area (Å²) in [5.41, 5.74) is 0.490. The number of methoxy groups -OCH3 is 1. The SMILES string of the molecule is COc1ccc(C(=O)OC2OC2C(C)(C)C)cc1.